The molecule has 0 aliphatic carbocycles. The van der Waals surface area contributed by atoms with Gasteiger partial charge in [-0.2, -0.15) is 0 Å². The average Bonchev–Trinajstić information content (AvgIpc) is 3.69. The van der Waals surface area contributed by atoms with Gasteiger partial charge in [0.15, 0.2) is 11.6 Å². The number of piperazine rings is 1. The van der Waals surface area contributed by atoms with Crippen LogP contribution in [0.15, 0.2) is 58.2 Å². The van der Waals surface area contributed by atoms with Crippen molar-refractivity contribution in [2.24, 2.45) is 0 Å². The number of carbonyl (C=O) groups is 2. The predicted octanol–water partition coefficient (Wildman–Crippen LogP) is 1.88. The molecule has 1 fully saturated rings. The van der Waals surface area contributed by atoms with Crippen LogP contribution in [-0.4, -0.2) is 69.7 Å². The van der Waals surface area contributed by atoms with Gasteiger partial charge in [-0.15, -0.1) is 0 Å². The number of nitrogens with zero attached hydrogens (tertiary/aromatic N) is 5. The number of nitrogens with one attached hydrogen (secondary N) is 3. The minimum absolute atomic E-state index is 0.116. The molecule has 0 spiro atoms. The molecular formula is C23H23FN8O4. The number of rotatable bonds is 8. The Balaban J connectivity index is 1.13. The van der Waals surface area contributed by atoms with Crippen LogP contribution in [0.25, 0.3) is 11.3 Å². The second-order valence-corrected chi connectivity index (χ2v) is 8.10. The third-order valence-electron chi connectivity index (χ3n) is 5.80. The van der Waals surface area contributed by atoms with Crippen LogP contribution in [0.2, 0.25) is 0 Å². The first-order chi connectivity index (χ1) is 17.6. The molecule has 12 nitrogen and oxygen atoms in total. The van der Waals surface area contributed by atoms with E-state index in [2.05, 4.69) is 30.9 Å². The minimum Gasteiger partial charge on any atom is -0.366 e. The van der Waals surface area contributed by atoms with Crippen LogP contribution in [-0.2, 0) is 11.3 Å². The van der Waals surface area contributed by atoms with Gasteiger partial charge in [0, 0.05) is 43.9 Å². The van der Waals surface area contributed by atoms with E-state index in [4.69, 9.17) is 9.05 Å². The summed E-state index contributed by atoms with van der Waals surface area (Å²) in [6, 6.07) is 8.33. The first-order valence-corrected chi connectivity index (χ1v) is 11.3. The standard InChI is InChI=1S/C23H23FN8O4/c24-17-9-15(18-10-16(36-29-18)11-26-21-3-8-35-30-21)1-2-20(17)31-4-6-32(7-5-31)22(33)13-27-23(34)19-12-25-14-28-19/h1-3,8-10,12,14H,4-7,11,13H2,(H,25,28)(H,26,30)(H,27,34). The van der Waals surface area contributed by atoms with Gasteiger partial charge >= 0.3 is 0 Å². The highest BCUT2D eigenvalue weighted by atomic mass is 19.1. The third kappa shape index (κ3) is 5.19. The zero-order valence-electron chi connectivity index (χ0n) is 19.1. The van der Waals surface area contributed by atoms with Crippen molar-refractivity contribution in [1.29, 1.82) is 0 Å². The molecule has 2 amide bonds. The highest BCUT2D eigenvalue weighted by Gasteiger charge is 2.23. The normalized spacial score (nSPS) is 13.6. The predicted molar refractivity (Wildman–Crippen MR) is 125 cm³/mol. The topological polar surface area (TPSA) is 145 Å². The molecular weight excluding hydrogens is 471 g/mol. The maximum absolute atomic E-state index is 15.0. The molecule has 1 aliphatic rings. The molecule has 186 valence electrons. The fourth-order valence-electron chi connectivity index (χ4n) is 3.88. The quantitative estimate of drug-likeness (QED) is 0.334. The van der Waals surface area contributed by atoms with Crippen molar-refractivity contribution in [3.8, 4) is 11.3 Å². The summed E-state index contributed by atoms with van der Waals surface area (Å²) in [5.41, 5.74) is 1.85. The summed E-state index contributed by atoms with van der Waals surface area (Å²) in [5.74, 6) is 0.165. The smallest absolute Gasteiger partial charge is 0.269 e. The van der Waals surface area contributed by atoms with Crippen LogP contribution in [0.1, 0.15) is 16.2 Å². The van der Waals surface area contributed by atoms with E-state index in [9.17, 15) is 14.0 Å². The van der Waals surface area contributed by atoms with Crippen molar-refractivity contribution in [2.75, 3.05) is 42.9 Å². The lowest BCUT2D eigenvalue weighted by Gasteiger charge is -2.36. The number of imidazole rings is 1. The summed E-state index contributed by atoms with van der Waals surface area (Å²) >= 11 is 0. The van der Waals surface area contributed by atoms with E-state index in [1.807, 2.05) is 4.90 Å². The van der Waals surface area contributed by atoms with Gasteiger partial charge in [0.1, 0.15) is 23.5 Å². The minimum atomic E-state index is -0.396. The van der Waals surface area contributed by atoms with Crippen molar-refractivity contribution in [2.45, 2.75) is 6.54 Å². The van der Waals surface area contributed by atoms with Crippen LogP contribution in [0.4, 0.5) is 15.9 Å². The Hall–Kier alpha value is -4.68. The number of benzene rings is 1. The van der Waals surface area contributed by atoms with Crippen molar-refractivity contribution in [1.82, 2.24) is 30.5 Å². The van der Waals surface area contributed by atoms with Crippen LogP contribution >= 0.6 is 0 Å². The highest BCUT2D eigenvalue weighted by molar-refractivity contribution is 5.94. The van der Waals surface area contributed by atoms with E-state index >= 15 is 0 Å². The van der Waals surface area contributed by atoms with Gasteiger partial charge < -0.3 is 34.5 Å². The lowest BCUT2D eigenvalue weighted by Crippen LogP contribution is -2.51. The monoisotopic (exact) mass is 494 g/mol. The molecule has 0 unspecified atom stereocenters. The van der Waals surface area contributed by atoms with Crippen LogP contribution in [0.3, 0.4) is 0 Å². The van der Waals surface area contributed by atoms with Crippen molar-refractivity contribution in [3.63, 3.8) is 0 Å². The van der Waals surface area contributed by atoms with Gasteiger partial charge in [-0.05, 0) is 12.1 Å². The number of hydrogen-bond donors (Lipinski definition) is 3. The zero-order chi connectivity index (χ0) is 24.9. The van der Waals surface area contributed by atoms with Crippen LogP contribution < -0.4 is 15.5 Å². The van der Waals surface area contributed by atoms with Crippen LogP contribution in [0, 0.1) is 5.82 Å². The van der Waals surface area contributed by atoms with Gasteiger partial charge in [0.05, 0.1) is 31.3 Å². The van der Waals surface area contributed by atoms with Gasteiger partial charge in [-0.3, -0.25) is 9.59 Å². The Morgan fingerprint density at radius 1 is 1.11 bits per heavy atom. The first-order valence-electron chi connectivity index (χ1n) is 11.3. The average molecular weight is 494 g/mol. The van der Waals surface area contributed by atoms with E-state index < -0.39 is 5.91 Å². The fraction of sp³-hybridized carbons (Fsp3) is 0.261. The van der Waals surface area contributed by atoms with Gasteiger partial charge in [0.25, 0.3) is 5.91 Å². The second-order valence-electron chi connectivity index (χ2n) is 8.10. The number of amides is 2. The maximum Gasteiger partial charge on any atom is 0.269 e. The Morgan fingerprint density at radius 2 is 1.97 bits per heavy atom. The van der Waals surface area contributed by atoms with E-state index in [-0.39, 0.29) is 24.0 Å². The maximum atomic E-state index is 15.0. The van der Waals surface area contributed by atoms with Gasteiger partial charge in [0.2, 0.25) is 5.91 Å². The molecule has 36 heavy (non-hydrogen) atoms. The molecule has 1 saturated heterocycles. The number of aromatic amines is 1. The number of H-pyrrole nitrogens is 1. The van der Waals surface area contributed by atoms with Crippen molar-refractivity contribution >= 4 is 23.3 Å². The Kier molecular flexibility index (Phi) is 6.60. The van der Waals surface area contributed by atoms with E-state index in [1.165, 1.54) is 24.9 Å². The molecule has 0 radical (unpaired) electrons. The molecule has 0 saturated carbocycles. The first kappa shape index (κ1) is 23.1. The molecule has 0 atom stereocenters. The Labute approximate surface area is 204 Å². The summed E-state index contributed by atoms with van der Waals surface area (Å²) in [7, 11) is 0. The zero-order valence-corrected chi connectivity index (χ0v) is 19.1. The van der Waals surface area contributed by atoms with E-state index in [1.54, 1.807) is 29.2 Å². The number of aromatic nitrogens is 4. The third-order valence-corrected chi connectivity index (χ3v) is 5.80. The molecule has 3 N–H and O–H groups in total. The Bertz CT molecular complexity index is 1310. The summed E-state index contributed by atoms with van der Waals surface area (Å²) in [5, 5.41) is 13.4. The molecule has 4 aromatic rings. The van der Waals surface area contributed by atoms with Gasteiger partial charge in [-0.1, -0.05) is 16.4 Å². The lowest BCUT2D eigenvalue weighted by atomic mass is 10.1. The summed E-state index contributed by atoms with van der Waals surface area (Å²) in [6.45, 7) is 2.03. The highest BCUT2D eigenvalue weighted by Crippen LogP contribution is 2.27. The SMILES string of the molecule is O=C(NCC(=O)N1CCN(c2ccc(-c3cc(CNc4ccon4)on3)cc2F)CC1)c1cnc[nH]1. The molecule has 1 aliphatic heterocycles. The van der Waals surface area contributed by atoms with Crippen LogP contribution in [0.5, 0.6) is 0 Å². The van der Waals surface area contributed by atoms with E-state index in [0.717, 1.165) is 0 Å². The summed E-state index contributed by atoms with van der Waals surface area (Å²) in [4.78, 5) is 34.4. The van der Waals surface area contributed by atoms with E-state index in [0.29, 0.717) is 61.2 Å². The Morgan fingerprint density at radius 3 is 2.69 bits per heavy atom. The molecule has 5 rings (SSSR count). The molecule has 4 heterocycles. The molecule has 0 bridgehead atoms. The number of anilines is 2. The van der Waals surface area contributed by atoms with Crippen molar-refractivity contribution in [3.05, 3.63) is 66.4 Å². The molecule has 3 aromatic heterocycles. The second kappa shape index (κ2) is 10.3. The molecule has 1 aromatic carbocycles. The van der Waals surface area contributed by atoms with Crippen molar-refractivity contribution < 1.29 is 23.0 Å². The number of halogens is 1. The van der Waals surface area contributed by atoms with Gasteiger partial charge in [-0.25, -0.2) is 9.37 Å². The summed E-state index contributed by atoms with van der Waals surface area (Å²) < 4.78 is 25.1. The summed E-state index contributed by atoms with van der Waals surface area (Å²) in [6.07, 6.45) is 4.24. The number of carbonyl (C=O) groups excluding carboxylic acids is 2. The lowest BCUT2D eigenvalue weighted by molar-refractivity contribution is -0.130. The fourth-order valence-corrected chi connectivity index (χ4v) is 3.88. The number of hydrogen-bond acceptors (Lipinski definition) is 9. The largest absolute Gasteiger partial charge is 0.366 e. The molecule has 13 heteroatoms.